The summed E-state index contributed by atoms with van der Waals surface area (Å²) in [5.41, 5.74) is 3.00. The summed E-state index contributed by atoms with van der Waals surface area (Å²) in [6.45, 7) is 2.07. The number of methoxy groups -OCH3 is 1. The number of fused-ring (bicyclic) bond motifs is 1. The van der Waals surface area contributed by atoms with Crippen LogP contribution < -0.4 is 15.0 Å². The van der Waals surface area contributed by atoms with Gasteiger partial charge < -0.3 is 15.0 Å². The fourth-order valence-electron chi connectivity index (χ4n) is 3.11. The summed E-state index contributed by atoms with van der Waals surface area (Å²) in [6, 6.07) is 12.4. The number of nitro groups is 1. The van der Waals surface area contributed by atoms with Gasteiger partial charge in [-0.3, -0.25) is 14.9 Å². The first-order valence-electron chi connectivity index (χ1n) is 8.09. The van der Waals surface area contributed by atoms with Crippen LogP contribution in [-0.4, -0.2) is 31.0 Å². The third-order valence-electron chi connectivity index (χ3n) is 4.39. The maximum Gasteiger partial charge on any atom is 0.279 e. The van der Waals surface area contributed by atoms with Crippen molar-refractivity contribution in [2.75, 3.05) is 25.5 Å². The number of ether oxygens (including phenoxy) is 1. The molecule has 0 bridgehead atoms. The highest BCUT2D eigenvalue weighted by Crippen LogP contribution is 2.28. The molecule has 0 aromatic heterocycles. The number of quaternary nitrogens is 1. The van der Waals surface area contributed by atoms with Crippen molar-refractivity contribution in [3.8, 4) is 5.75 Å². The Balaban J connectivity index is 1.64. The van der Waals surface area contributed by atoms with Crippen LogP contribution in [0.3, 0.4) is 0 Å². The van der Waals surface area contributed by atoms with Crippen molar-refractivity contribution < 1.29 is 19.4 Å². The van der Waals surface area contributed by atoms with E-state index in [4.69, 9.17) is 4.74 Å². The molecule has 1 aliphatic heterocycles. The molecule has 0 saturated carbocycles. The predicted octanol–water partition coefficient (Wildman–Crippen LogP) is 1.18. The van der Waals surface area contributed by atoms with Crippen molar-refractivity contribution in [1.29, 1.82) is 0 Å². The van der Waals surface area contributed by atoms with E-state index in [1.807, 2.05) is 12.1 Å². The Morgan fingerprint density at radius 3 is 2.76 bits per heavy atom. The number of non-ortho nitro benzene ring substituents is 1. The van der Waals surface area contributed by atoms with Crippen LogP contribution in [0.2, 0.25) is 0 Å². The van der Waals surface area contributed by atoms with Crippen LogP contribution in [0.15, 0.2) is 42.5 Å². The molecule has 0 saturated heterocycles. The van der Waals surface area contributed by atoms with Crippen molar-refractivity contribution in [3.63, 3.8) is 0 Å². The van der Waals surface area contributed by atoms with E-state index >= 15 is 0 Å². The van der Waals surface area contributed by atoms with Crippen LogP contribution in [0.5, 0.6) is 5.75 Å². The van der Waals surface area contributed by atoms with E-state index in [1.54, 1.807) is 0 Å². The third kappa shape index (κ3) is 3.95. The molecule has 1 heterocycles. The van der Waals surface area contributed by atoms with Gasteiger partial charge in [-0.05, 0) is 11.6 Å². The lowest BCUT2D eigenvalue weighted by molar-refractivity contribution is -0.907. The SMILES string of the molecule is COc1cc([N+](=O)[O-])ccc1NC(=O)C[NH+]1CCc2ccccc2C1. The van der Waals surface area contributed by atoms with Crippen LogP contribution in [0.4, 0.5) is 11.4 Å². The number of rotatable bonds is 5. The van der Waals surface area contributed by atoms with Crippen molar-refractivity contribution in [3.05, 3.63) is 63.7 Å². The van der Waals surface area contributed by atoms with Crippen LogP contribution in [0.1, 0.15) is 11.1 Å². The summed E-state index contributed by atoms with van der Waals surface area (Å²) in [4.78, 5) is 23.9. The number of nitrogens with zero attached hydrogens (tertiary/aromatic N) is 1. The first kappa shape index (κ1) is 16.9. The Bertz CT molecular complexity index is 807. The Labute approximate surface area is 145 Å². The van der Waals surface area contributed by atoms with E-state index < -0.39 is 4.92 Å². The van der Waals surface area contributed by atoms with Gasteiger partial charge in [-0.25, -0.2) is 0 Å². The third-order valence-corrected chi connectivity index (χ3v) is 4.39. The fraction of sp³-hybridized carbons (Fsp3) is 0.278. The highest BCUT2D eigenvalue weighted by atomic mass is 16.6. The zero-order valence-corrected chi connectivity index (χ0v) is 14.0. The van der Waals surface area contributed by atoms with E-state index in [-0.39, 0.29) is 17.3 Å². The second-order valence-corrected chi connectivity index (χ2v) is 6.06. The lowest BCUT2D eigenvalue weighted by atomic mass is 10.00. The molecule has 130 valence electrons. The minimum atomic E-state index is -0.497. The van der Waals surface area contributed by atoms with Crippen molar-refractivity contribution in [2.45, 2.75) is 13.0 Å². The summed E-state index contributed by atoms with van der Waals surface area (Å²) < 4.78 is 5.15. The molecular weight excluding hydrogens is 322 g/mol. The summed E-state index contributed by atoms with van der Waals surface area (Å²) in [7, 11) is 1.42. The molecule has 3 rings (SSSR count). The number of benzene rings is 2. The average molecular weight is 342 g/mol. The molecule has 2 aromatic rings. The number of anilines is 1. The van der Waals surface area contributed by atoms with Crippen molar-refractivity contribution in [2.24, 2.45) is 0 Å². The van der Waals surface area contributed by atoms with E-state index in [1.165, 1.54) is 41.3 Å². The molecule has 0 fully saturated rings. The van der Waals surface area contributed by atoms with Crippen LogP contribution in [0, 0.1) is 10.1 Å². The summed E-state index contributed by atoms with van der Waals surface area (Å²) in [6.07, 6.45) is 0.958. The number of nitro benzene ring substituents is 1. The molecule has 0 spiro atoms. The maximum atomic E-state index is 12.4. The number of carbonyl (C=O) groups excluding carboxylic acids is 1. The Hall–Kier alpha value is -2.93. The standard InChI is InChI=1S/C18H19N3O4/c1-25-17-10-15(21(23)24)6-7-16(17)19-18(22)12-20-9-8-13-4-2-3-5-14(13)11-20/h2-7,10H,8-9,11-12H2,1H3,(H,19,22)/p+1. The second-order valence-electron chi connectivity index (χ2n) is 6.06. The van der Waals surface area contributed by atoms with E-state index in [0.29, 0.717) is 12.2 Å². The predicted molar refractivity (Wildman–Crippen MR) is 92.8 cm³/mol. The molecule has 1 unspecified atom stereocenters. The molecule has 2 N–H and O–H groups in total. The number of carbonyl (C=O) groups is 1. The van der Waals surface area contributed by atoms with Crippen LogP contribution in [-0.2, 0) is 17.8 Å². The number of hydrogen-bond acceptors (Lipinski definition) is 4. The second kappa shape index (κ2) is 7.31. The van der Waals surface area contributed by atoms with E-state index in [9.17, 15) is 14.9 Å². The van der Waals surface area contributed by atoms with Gasteiger partial charge in [0.1, 0.15) is 12.3 Å². The highest BCUT2D eigenvalue weighted by molar-refractivity contribution is 5.93. The lowest BCUT2D eigenvalue weighted by Crippen LogP contribution is -3.12. The Morgan fingerprint density at radius 1 is 1.28 bits per heavy atom. The quantitative estimate of drug-likeness (QED) is 0.631. The molecule has 2 aromatic carbocycles. The van der Waals surface area contributed by atoms with Gasteiger partial charge in [0.25, 0.3) is 11.6 Å². The zero-order chi connectivity index (χ0) is 17.8. The summed E-state index contributed by atoms with van der Waals surface area (Å²) in [5, 5.41) is 13.6. The molecule has 0 aliphatic carbocycles. The van der Waals surface area contributed by atoms with Gasteiger partial charge in [0, 0.05) is 18.1 Å². The van der Waals surface area contributed by atoms with Gasteiger partial charge in [-0.15, -0.1) is 0 Å². The van der Waals surface area contributed by atoms with E-state index in [0.717, 1.165) is 19.5 Å². The molecule has 7 nitrogen and oxygen atoms in total. The van der Waals surface area contributed by atoms with Gasteiger partial charge in [0.05, 0.1) is 30.3 Å². The minimum Gasteiger partial charge on any atom is -0.494 e. The molecule has 25 heavy (non-hydrogen) atoms. The lowest BCUT2D eigenvalue weighted by Gasteiger charge is -2.25. The molecular formula is C18H20N3O4+. The minimum absolute atomic E-state index is 0.0758. The first-order valence-corrected chi connectivity index (χ1v) is 8.09. The molecule has 1 atom stereocenters. The molecule has 1 amide bonds. The zero-order valence-electron chi connectivity index (χ0n) is 14.0. The Morgan fingerprint density at radius 2 is 2.04 bits per heavy atom. The maximum absolute atomic E-state index is 12.4. The number of amides is 1. The molecule has 1 aliphatic rings. The number of hydrogen-bond donors (Lipinski definition) is 2. The van der Waals surface area contributed by atoms with Gasteiger partial charge >= 0.3 is 0 Å². The van der Waals surface area contributed by atoms with Crippen LogP contribution >= 0.6 is 0 Å². The number of nitrogens with one attached hydrogen (secondary N) is 2. The first-order chi connectivity index (χ1) is 12.1. The smallest absolute Gasteiger partial charge is 0.279 e. The largest absolute Gasteiger partial charge is 0.494 e. The van der Waals surface area contributed by atoms with Gasteiger partial charge in [-0.1, -0.05) is 24.3 Å². The summed E-state index contributed by atoms with van der Waals surface area (Å²) >= 11 is 0. The van der Waals surface area contributed by atoms with Gasteiger partial charge in [-0.2, -0.15) is 0 Å². The van der Waals surface area contributed by atoms with Crippen LogP contribution in [0.25, 0.3) is 0 Å². The highest BCUT2D eigenvalue weighted by Gasteiger charge is 2.22. The van der Waals surface area contributed by atoms with Crippen molar-refractivity contribution >= 4 is 17.3 Å². The molecule has 7 heteroatoms. The Kier molecular flexibility index (Phi) is 4.95. The summed E-state index contributed by atoms with van der Waals surface area (Å²) in [5.74, 6) is 0.142. The van der Waals surface area contributed by atoms with Gasteiger partial charge in [0.2, 0.25) is 0 Å². The average Bonchev–Trinajstić information content (AvgIpc) is 2.61. The van der Waals surface area contributed by atoms with Gasteiger partial charge in [0.15, 0.2) is 6.54 Å². The topological polar surface area (TPSA) is 85.9 Å². The van der Waals surface area contributed by atoms with Crippen molar-refractivity contribution in [1.82, 2.24) is 0 Å². The normalized spacial score (nSPS) is 16.0. The molecule has 0 radical (unpaired) electrons. The fourth-order valence-corrected chi connectivity index (χ4v) is 3.11. The monoisotopic (exact) mass is 342 g/mol. The van der Waals surface area contributed by atoms with E-state index in [2.05, 4.69) is 17.4 Å².